The van der Waals surface area contributed by atoms with Gasteiger partial charge in [-0.25, -0.2) is 4.39 Å². The van der Waals surface area contributed by atoms with Crippen LogP contribution in [0.2, 0.25) is 5.02 Å². The Kier molecular flexibility index (Phi) is 4.38. The summed E-state index contributed by atoms with van der Waals surface area (Å²) in [6.07, 6.45) is 0. The highest BCUT2D eigenvalue weighted by molar-refractivity contribution is 7.12. The second-order valence-corrected chi connectivity index (χ2v) is 5.78. The molecular formula is C14H15ClFNS. The van der Waals surface area contributed by atoms with E-state index in [1.165, 1.54) is 10.9 Å². The summed E-state index contributed by atoms with van der Waals surface area (Å²) in [7, 11) is 0. The van der Waals surface area contributed by atoms with Gasteiger partial charge in [-0.05, 0) is 37.2 Å². The van der Waals surface area contributed by atoms with Crippen LogP contribution < -0.4 is 5.32 Å². The van der Waals surface area contributed by atoms with Gasteiger partial charge in [0.05, 0.1) is 11.1 Å². The molecule has 96 valence electrons. The van der Waals surface area contributed by atoms with Crippen molar-refractivity contribution in [3.05, 3.63) is 56.5 Å². The van der Waals surface area contributed by atoms with Crippen molar-refractivity contribution in [2.45, 2.75) is 19.9 Å². The van der Waals surface area contributed by atoms with Gasteiger partial charge in [0.25, 0.3) is 0 Å². The Hall–Kier alpha value is -0.900. The monoisotopic (exact) mass is 283 g/mol. The minimum atomic E-state index is -0.370. The molecule has 1 N–H and O–H groups in total. The highest BCUT2D eigenvalue weighted by atomic mass is 35.5. The zero-order chi connectivity index (χ0) is 13.1. The van der Waals surface area contributed by atoms with E-state index in [-0.39, 0.29) is 16.9 Å². The number of benzene rings is 1. The molecule has 0 radical (unpaired) electrons. The Labute approximate surface area is 116 Å². The van der Waals surface area contributed by atoms with E-state index in [4.69, 9.17) is 11.6 Å². The summed E-state index contributed by atoms with van der Waals surface area (Å²) in [4.78, 5) is 2.39. The fraction of sp³-hybridized carbons (Fsp3) is 0.286. The first-order valence-electron chi connectivity index (χ1n) is 5.87. The van der Waals surface area contributed by atoms with Crippen LogP contribution in [0.25, 0.3) is 0 Å². The van der Waals surface area contributed by atoms with Crippen LogP contribution in [-0.4, -0.2) is 6.54 Å². The third kappa shape index (κ3) is 2.74. The number of hydrogen-bond donors (Lipinski definition) is 1. The van der Waals surface area contributed by atoms with Crippen LogP contribution in [0.4, 0.5) is 4.39 Å². The summed E-state index contributed by atoms with van der Waals surface area (Å²) in [6, 6.07) is 9.03. The highest BCUT2D eigenvalue weighted by Crippen LogP contribution is 2.33. The molecule has 0 amide bonds. The van der Waals surface area contributed by atoms with Gasteiger partial charge in [-0.3, -0.25) is 0 Å². The normalized spacial score (nSPS) is 12.7. The Morgan fingerprint density at radius 2 is 2.11 bits per heavy atom. The maximum absolute atomic E-state index is 13.5. The van der Waals surface area contributed by atoms with Gasteiger partial charge in [-0.2, -0.15) is 0 Å². The molecule has 1 aromatic carbocycles. The fourth-order valence-corrected chi connectivity index (χ4v) is 3.13. The van der Waals surface area contributed by atoms with Gasteiger partial charge in [0.15, 0.2) is 0 Å². The molecule has 1 unspecified atom stereocenters. The molecule has 0 aliphatic rings. The lowest BCUT2D eigenvalue weighted by atomic mass is 10.0. The number of aryl methyl sites for hydroxylation is 1. The largest absolute Gasteiger partial charge is 0.306 e. The lowest BCUT2D eigenvalue weighted by Gasteiger charge is -2.18. The molecule has 1 atom stereocenters. The average Bonchev–Trinajstić information content (AvgIpc) is 2.77. The zero-order valence-electron chi connectivity index (χ0n) is 10.3. The standard InChI is InChI=1S/C14H15ClFNS/c1-3-17-14(12-8-7-9(2)18-12)10-5-4-6-11(16)13(10)15/h4-8,14,17H,3H2,1-2H3. The van der Waals surface area contributed by atoms with Crippen molar-refractivity contribution in [3.8, 4) is 0 Å². The Morgan fingerprint density at radius 3 is 2.72 bits per heavy atom. The van der Waals surface area contributed by atoms with Crippen LogP contribution in [-0.2, 0) is 0 Å². The van der Waals surface area contributed by atoms with Gasteiger partial charge in [0, 0.05) is 9.75 Å². The third-order valence-corrected chi connectivity index (χ3v) is 4.21. The molecule has 1 heterocycles. The van der Waals surface area contributed by atoms with E-state index in [2.05, 4.69) is 24.4 Å². The van der Waals surface area contributed by atoms with Crippen LogP contribution in [0, 0.1) is 12.7 Å². The van der Waals surface area contributed by atoms with Crippen molar-refractivity contribution in [1.29, 1.82) is 0 Å². The third-order valence-electron chi connectivity index (χ3n) is 2.75. The molecule has 0 bridgehead atoms. The topological polar surface area (TPSA) is 12.0 Å². The molecule has 0 aliphatic carbocycles. The van der Waals surface area contributed by atoms with Crippen LogP contribution in [0.1, 0.15) is 28.3 Å². The van der Waals surface area contributed by atoms with E-state index in [1.807, 2.05) is 13.0 Å². The summed E-state index contributed by atoms with van der Waals surface area (Å²) in [5.41, 5.74) is 0.792. The highest BCUT2D eigenvalue weighted by Gasteiger charge is 2.19. The van der Waals surface area contributed by atoms with Gasteiger partial charge in [0.2, 0.25) is 0 Å². The molecular weight excluding hydrogens is 269 g/mol. The van der Waals surface area contributed by atoms with E-state index in [9.17, 15) is 4.39 Å². The Bertz CT molecular complexity index is 538. The maximum Gasteiger partial charge on any atom is 0.142 e. The lowest BCUT2D eigenvalue weighted by Crippen LogP contribution is -2.21. The quantitative estimate of drug-likeness (QED) is 0.868. The van der Waals surface area contributed by atoms with Crippen LogP contribution in [0.3, 0.4) is 0 Å². The van der Waals surface area contributed by atoms with Crippen LogP contribution in [0.15, 0.2) is 30.3 Å². The van der Waals surface area contributed by atoms with E-state index in [1.54, 1.807) is 17.4 Å². The molecule has 18 heavy (non-hydrogen) atoms. The Balaban J connectivity index is 2.44. The van der Waals surface area contributed by atoms with Gasteiger partial charge in [0.1, 0.15) is 5.82 Å². The first kappa shape index (κ1) is 13.5. The molecule has 2 aromatic rings. The average molecular weight is 284 g/mol. The molecule has 0 saturated heterocycles. The van der Waals surface area contributed by atoms with Crippen LogP contribution >= 0.6 is 22.9 Å². The summed E-state index contributed by atoms with van der Waals surface area (Å²) < 4.78 is 13.5. The van der Waals surface area contributed by atoms with E-state index in [0.717, 1.165) is 17.0 Å². The van der Waals surface area contributed by atoms with Crippen LogP contribution in [0.5, 0.6) is 0 Å². The minimum absolute atomic E-state index is 0.0445. The van der Waals surface area contributed by atoms with Gasteiger partial charge < -0.3 is 5.32 Å². The molecule has 4 heteroatoms. The first-order chi connectivity index (χ1) is 8.63. The van der Waals surface area contributed by atoms with E-state index >= 15 is 0 Å². The number of thiophene rings is 1. The van der Waals surface area contributed by atoms with Crippen molar-refractivity contribution in [3.63, 3.8) is 0 Å². The predicted molar refractivity (Wildman–Crippen MR) is 76.0 cm³/mol. The van der Waals surface area contributed by atoms with Crippen molar-refractivity contribution in [1.82, 2.24) is 5.32 Å². The predicted octanol–water partition coefficient (Wildman–Crippen LogP) is 4.55. The number of rotatable bonds is 4. The number of nitrogens with one attached hydrogen (secondary N) is 1. The Morgan fingerprint density at radius 1 is 1.33 bits per heavy atom. The van der Waals surface area contributed by atoms with Crippen molar-refractivity contribution >= 4 is 22.9 Å². The van der Waals surface area contributed by atoms with Crippen molar-refractivity contribution in [2.75, 3.05) is 6.54 Å². The molecule has 0 aliphatic heterocycles. The summed E-state index contributed by atoms with van der Waals surface area (Å²) in [6.45, 7) is 4.89. The molecule has 0 saturated carbocycles. The lowest BCUT2D eigenvalue weighted by molar-refractivity contribution is 0.607. The number of hydrogen-bond acceptors (Lipinski definition) is 2. The summed E-state index contributed by atoms with van der Waals surface area (Å²) >= 11 is 7.77. The van der Waals surface area contributed by atoms with Crippen molar-refractivity contribution in [2.24, 2.45) is 0 Å². The number of halogens is 2. The zero-order valence-corrected chi connectivity index (χ0v) is 11.9. The van der Waals surface area contributed by atoms with Gasteiger partial charge >= 0.3 is 0 Å². The van der Waals surface area contributed by atoms with E-state index in [0.29, 0.717) is 0 Å². The molecule has 2 rings (SSSR count). The molecule has 0 spiro atoms. The van der Waals surface area contributed by atoms with Crippen molar-refractivity contribution < 1.29 is 4.39 Å². The summed E-state index contributed by atoms with van der Waals surface area (Å²) in [5, 5.41) is 3.56. The smallest absolute Gasteiger partial charge is 0.142 e. The first-order valence-corrected chi connectivity index (χ1v) is 7.06. The van der Waals surface area contributed by atoms with E-state index < -0.39 is 0 Å². The maximum atomic E-state index is 13.5. The molecule has 1 aromatic heterocycles. The van der Waals surface area contributed by atoms with Gasteiger partial charge in [-0.15, -0.1) is 11.3 Å². The minimum Gasteiger partial charge on any atom is -0.306 e. The fourth-order valence-electron chi connectivity index (χ4n) is 1.92. The second kappa shape index (κ2) is 5.83. The SMILES string of the molecule is CCNC(c1ccc(C)s1)c1cccc(F)c1Cl. The summed E-state index contributed by atoms with van der Waals surface area (Å²) in [5.74, 6) is -0.370. The second-order valence-electron chi connectivity index (χ2n) is 4.08. The van der Waals surface area contributed by atoms with Gasteiger partial charge in [-0.1, -0.05) is 30.7 Å². The molecule has 1 nitrogen and oxygen atoms in total. The molecule has 0 fully saturated rings.